The molecule has 0 N–H and O–H groups in total. The maximum atomic E-state index is 2.43. The van der Waals surface area contributed by atoms with E-state index in [1.54, 1.807) is 0 Å². The Hall–Kier alpha value is -5.60. The van der Waals surface area contributed by atoms with Gasteiger partial charge in [0.25, 0.3) is 0 Å². The third kappa shape index (κ3) is 3.73. The van der Waals surface area contributed by atoms with E-state index in [0.717, 1.165) is 6.42 Å². The van der Waals surface area contributed by atoms with Crippen LogP contribution in [0.15, 0.2) is 158 Å². The molecule has 9 rings (SSSR count). The van der Waals surface area contributed by atoms with Gasteiger partial charge in [0.2, 0.25) is 0 Å². The van der Waals surface area contributed by atoms with Crippen molar-refractivity contribution in [3.63, 3.8) is 0 Å². The zero-order valence-corrected chi connectivity index (χ0v) is 23.6. The van der Waals surface area contributed by atoms with E-state index in [9.17, 15) is 0 Å². The van der Waals surface area contributed by atoms with Crippen LogP contribution in [0.3, 0.4) is 0 Å². The summed E-state index contributed by atoms with van der Waals surface area (Å²) in [5, 5.41) is 5.08. The number of anilines is 3. The molecule has 8 aromatic rings. The Morgan fingerprint density at radius 2 is 1.09 bits per heavy atom. The van der Waals surface area contributed by atoms with Gasteiger partial charge in [-0.25, -0.2) is 0 Å². The molecule has 0 unspecified atom stereocenters. The van der Waals surface area contributed by atoms with Gasteiger partial charge in [0.1, 0.15) is 0 Å². The number of fused-ring (bicyclic) bond motifs is 7. The second kappa shape index (κ2) is 9.47. The van der Waals surface area contributed by atoms with Crippen LogP contribution in [-0.2, 0) is 6.42 Å². The molecule has 0 bridgehead atoms. The van der Waals surface area contributed by atoms with Gasteiger partial charge in [-0.3, -0.25) is 0 Å². The molecule has 2 heterocycles. The van der Waals surface area contributed by atoms with Crippen LogP contribution in [0.4, 0.5) is 17.1 Å². The quantitative estimate of drug-likeness (QED) is 0.213. The minimum absolute atomic E-state index is 0.921. The number of para-hydroxylation sites is 3. The molecule has 7 aromatic carbocycles. The molecule has 0 aliphatic carbocycles. The lowest BCUT2D eigenvalue weighted by atomic mass is 9.91. The van der Waals surface area contributed by atoms with E-state index < -0.39 is 0 Å². The van der Waals surface area contributed by atoms with Crippen LogP contribution in [0.1, 0.15) is 11.1 Å². The summed E-state index contributed by atoms with van der Waals surface area (Å²) in [6.07, 6.45) is 0.921. The lowest BCUT2D eigenvalue weighted by molar-refractivity contribution is 1.09. The molecular weight excluding hydrogens is 520 g/mol. The molecule has 0 spiro atoms. The Labute approximate surface area is 250 Å². The van der Waals surface area contributed by atoms with Crippen LogP contribution >= 0.6 is 0 Å². The van der Waals surface area contributed by atoms with Gasteiger partial charge in [-0.05, 0) is 82.2 Å². The Kier molecular flexibility index (Phi) is 5.30. The first kappa shape index (κ1) is 24.0. The highest BCUT2D eigenvalue weighted by Gasteiger charge is 2.24. The Balaban J connectivity index is 1.24. The predicted molar refractivity (Wildman–Crippen MR) is 181 cm³/mol. The van der Waals surface area contributed by atoms with Gasteiger partial charge in [0.15, 0.2) is 0 Å². The van der Waals surface area contributed by atoms with Crippen molar-refractivity contribution in [3.8, 4) is 16.8 Å². The molecule has 0 fully saturated rings. The van der Waals surface area contributed by atoms with Crippen molar-refractivity contribution in [1.29, 1.82) is 0 Å². The summed E-state index contributed by atoms with van der Waals surface area (Å²) in [6, 6.07) is 57.5. The van der Waals surface area contributed by atoms with Crippen molar-refractivity contribution in [2.75, 3.05) is 4.90 Å². The maximum absolute atomic E-state index is 2.43. The van der Waals surface area contributed by atoms with Crippen LogP contribution in [-0.4, -0.2) is 4.57 Å². The smallest absolute Gasteiger partial charge is 0.0619 e. The van der Waals surface area contributed by atoms with Crippen molar-refractivity contribution >= 4 is 49.6 Å². The normalized spacial score (nSPS) is 12.5. The van der Waals surface area contributed by atoms with Gasteiger partial charge in [-0.15, -0.1) is 0 Å². The lowest BCUT2D eigenvalue weighted by Crippen LogP contribution is -2.18. The third-order valence-electron chi connectivity index (χ3n) is 8.95. The average molecular weight is 549 g/mol. The molecular formula is C41H28N2. The minimum Gasteiger partial charge on any atom is -0.310 e. The molecule has 0 saturated carbocycles. The van der Waals surface area contributed by atoms with E-state index in [1.807, 2.05) is 0 Å². The van der Waals surface area contributed by atoms with Crippen molar-refractivity contribution in [3.05, 3.63) is 169 Å². The largest absolute Gasteiger partial charge is 0.310 e. The zero-order valence-electron chi connectivity index (χ0n) is 23.6. The summed E-state index contributed by atoms with van der Waals surface area (Å²) in [7, 11) is 0. The standard InChI is InChI=1S/C41H28N2/c1-3-13-33(14-4-1)42-38-18-10-8-12-31(38)26-32-25-29(20-23-39(32)42)30-21-24-40-37(27-30)36-22-19-28-11-7-9-17-35(28)41(36)43(40)34-15-5-2-6-16-34/h1-25,27H,26H2. The van der Waals surface area contributed by atoms with Crippen LogP contribution in [0, 0.1) is 0 Å². The number of nitrogens with zero attached hydrogens (tertiary/aromatic N) is 2. The summed E-state index contributed by atoms with van der Waals surface area (Å²) >= 11 is 0. The van der Waals surface area contributed by atoms with E-state index in [1.165, 1.54) is 77.6 Å². The van der Waals surface area contributed by atoms with Crippen LogP contribution < -0.4 is 4.90 Å². The molecule has 0 radical (unpaired) electrons. The number of benzene rings is 7. The van der Waals surface area contributed by atoms with E-state index in [0.29, 0.717) is 0 Å². The van der Waals surface area contributed by atoms with Gasteiger partial charge in [0, 0.05) is 45.3 Å². The molecule has 0 amide bonds. The minimum atomic E-state index is 0.921. The summed E-state index contributed by atoms with van der Waals surface area (Å²) in [6.45, 7) is 0. The van der Waals surface area contributed by atoms with Gasteiger partial charge in [0.05, 0.1) is 11.0 Å². The molecule has 1 aromatic heterocycles. The van der Waals surface area contributed by atoms with E-state index in [2.05, 4.69) is 167 Å². The lowest BCUT2D eigenvalue weighted by Gasteiger charge is -2.33. The van der Waals surface area contributed by atoms with Gasteiger partial charge >= 0.3 is 0 Å². The molecule has 0 saturated heterocycles. The number of rotatable bonds is 3. The van der Waals surface area contributed by atoms with E-state index in [4.69, 9.17) is 0 Å². The van der Waals surface area contributed by atoms with Crippen LogP contribution in [0.25, 0.3) is 49.4 Å². The first-order valence-electron chi connectivity index (χ1n) is 14.9. The predicted octanol–water partition coefficient (Wildman–Crippen LogP) is 11.0. The first-order valence-corrected chi connectivity index (χ1v) is 14.9. The molecule has 202 valence electrons. The Bertz CT molecular complexity index is 2310. The number of hydrogen-bond acceptors (Lipinski definition) is 1. The molecule has 2 heteroatoms. The highest BCUT2D eigenvalue weighted by atomic mass is 15.2. The summed E-state index contributed by atoms with van der Waals surface area (Å²) in [5.41, 5.74) is 12.5. The van der Waals surface area contributed by atoms with Crippen molar-refractivity contribution in [1.82, 2.24) is 4.57 Å². The fourth-order valence-corrected chi connectivity index (χ4v) is 7.00. The highest BCUT2D eigenvalue weighted by molar-refractivity contribution is 6.19. The van der Waals surface area contributed by atoms with E-state index in [-0.39, 0.29) is 0 Å². The van der Waals surface area contributed by atoms with Crippen molar-refractivity contribution in [2.45, 2.75) is 6.42 Å². The molecule has 43 heavy (non-hydrogen) atoms. The second-order valence-electron chi connectivity index (χ2n) is 11.4. The topological polar surface area (TPSA) is 8.17 Å². The van der Waals surface area contributed by atoms with E-state index >= 15 is 0 Å². The first-order chi connectivity index (χ1) is 21.3. The molecule has 2 nitrogen and oxygen atoms in total. The monoisotopic (exact) mass is 548 g/mol. The fourth-order valence-electron chi connectivity index (χ4n) is 7.00. The van der Waals surface area contributed by atoms with Crippen LogP contribution in [0.2, 0.25) is 0 Å². The van der Waals surface area contributed by atoms with Crippen molar-refractivity contribution < 1.29 is 0 Å². The third-order valence-corrected chi connectivity index (χ3v) is 8.95. The Morgan fingerprint density at radius 1 is 0.419 bits per heavy atom. The molecule has 0 atom stereocenters. The number of aromatic nitrogens is 1. The SMILES string of the molecule is c1ccc(N2c3ccccc3Cc3cc(-c4ccc5c(c4)c4ccc6ccccc6c4n5-c4ccccc4)ccc32)cc1. The van der Waals surface area contributed by atoms with Crippen LogP contribution in [0.5, 0.6) is 0 Å². The summed E-state index contributed by atoms with van der Waals surface area (Å²) < 4.78 is 2.43. The van der Waals surface area contributed by atoms with Gasteiger partial charge < -0.3 is 9.47 Å². The average Bonchev–Trinajstić information content (AvgIpc) is 3.42. The zero-order chi connectivity index (χ0) is 28.3. The Morgan fingerprint density at radius 3 is 1.95 bits per heavy atom. The van der Waals surface area contributed by atoms with Crippen molar-refractivity contribution in [2.24, 2.45) is 0 Å². The molecule has 1 aliphatic rings. The van der Waals surface area contributed by atoms with Gasteiger partial charge in [-0.2, -0.15) is 0 Å². The highest BCUT2D eigenvalue weighted by Crippen LogP contribution is 2.45. The van der Waals surface area contributed by atoms with Gasteiger partial charge in [-0.1, -0.05) is 103 Å². The summed E-state index contributed by atoms with van der Waals surface area (Å²) in [4.78, 5) is 2.40. The molecule has 1 aliphatic heterocycles. The number of hydrogen-bond donors (Lipinski definition) is 0. The second-order valence-corrected chi connectivity index (χ2v) is 11.4. The summed E-state index contributed by atoms with van der Waals surface area (Å²) in [5.74, 6) is 0. The maximum Gasteiger partial charge on any atom is 0.0619 e. The fraction of sp³-hybridized carbons (Fsp3) is 0.0244.